The second-order valence-corrected chi connectivity index (χ2v) is 5.94. The first-order chi connectivity index (χ1) is 13.4. The number of nitro groups is 1. The minimum Gasteiger partial charge on any atom is -0.494 e. The molecule has 1 heterocycles. The quantitative estimate of drug-likeness (QED) is 0.398. The Labute approximate surface area is 159 Å². The van der Waals surface area contributed by atoms with E-state index >= 15 is 0 Å². The number of nitrogens with zero attached hydrogens (tertiary/aromatic N) is 2. The number of hydrogen-bond donors (Lipinski definition) is 1. The minimum atomic E-state index is -0.623. The molecule has 0 bridgehead atoms. The van der Waals surface area contributed by atoms with Gasteiger partial charge in [-0.3, -0.25) is 14.9 Å². The number of nitro benzene ring substituents is 1. The van der Waals surface area contributed by atoms with Gasteiger partial charge in [0.05, 0.1) is 29.4 Å². The van der Waals surface area contributed by atoms with Crippen LogP contribution in [0, 0.1) is 10.1 Å². The Morgan fingerprint density at radius 2 is 1.96 bits per heavy atom. The smallest absolute Gasteiger partial charge is 0.340 e. The number of aromatic nitrogens is 1. The molecule has 1 aromatic heterocycles. The van der Waals surface area contributed by atoms with Crippen molar-refractivity contribution >= 4 is 34.2 Å². The Balaban J connectivity index is 1.67. The lowest BCUT2D eigenvalue weighted by Gasteiger charge is -2.10. The second kappa shape index (κ2) is 7.78. The molecule has 3 aromatic rings. The lowest BCUT2D eigenvalue weighted by atomic mass is 10.2. The normalized spacial score (nSPS) is 10.5. The number of carbonyl (C=O) groups is 2. The molecule has 2 aromatic carbocycles. The molecule has 0 aliphatic carbocycles. The Morgan fingerprint density at radius 1 is 1.21 bits per heavy atom. The lowest BCUT2D eigenvalue weighted by Crippen LogP contribution is -2.21. The highest BCUT2D eigenvalue weighted by Crippen LogP contribution is 2.29. The number of hydrogen-bond acceptors (Lipinski definition) is 6. The highest BCUT2D eigenvalue weighted by Gasteiger charge is 2.18. The molecule has 1 amide bonds. The predicted octanol–water partition coefficient (Wildman–Crippen LogP) is 2.89. The summed E-state index contributed by atoms with van der Waals surface area (Å²) in [4.78, 5) is 34.7. The maximum absolute atomic E-state index is 12.4. The van der Waals surface area contributed by atoms with Gasteiger partial charge in [0.1, 0.15) is 5.75 Å². The number of carbonyl (C=O) groups excluding carboxylic acids is 2. The van der Waals surface area contributed by atoms with E-state index in [1.165, 1.54) is 25.3 Å². The SMILES string of the molecule is COc1cc([N+](=O)[O-])ccc1NC(=O)COC(=O)c1cn(C)c2ccccc12. The van der Waals surface area contributed by atoms with Crippen LogP contribution in [0.2, 0.25) is 0 Å². The number of benzene rings is 2. The van der Waals surface area contributed by atoms with Crippen molar-refractivity contribution in [1.82, 2.24) is 4.57 Å². The summed E-state index contributed by atoms with van der Waals surface area (Å²) in [6, 6.07) is 11.1. The molecule has 1 N–H and O–H groups in total. The van der Waals surface area contributed by atoms with E-state index in [1.54, 1.807) is 16.8 Å². The maximum atomic E-state index is 12.4. The van der Waals surface area contributed by atoms with E-state index in [0.29, 0.717) is 5.56 Å². The molecular formula is C19H17N3O6. The van der Waals surface area contributed by atoms with Crippen LogP contribution in [0.25, 0.3) is 10.9 Å². The molecule has 0 saturated carbocycles. The molecule has 0 saturated heterocycles. The van der Waals surface area contributed by atoms with Crippen molar-refractivity contribution in [3.05, 3.63) is 64.3 Å². The average molecular weight is 383 g/mol. The Hall–Kier alpha value is -3.88. The van der Waals surface area contributed by atoms with Crippen molar-refractivity contribution < 1.29 is 24.0 Å². The largest absolute Gasteiger partial charge is 0.494 e. The van der Waals surface area contributed by atoms with Crippen molar-refractivity contribution in [2.75, 3.05) is 19.0 Å². The highest BCUT2D eigenvalue weighted by molar-refractivity contribution is 6.05. The second-order valence-electron chi connectivity index (χ2n) is 5.94. The summed E-state index contributed by atoms with van der Waals surface area (Å²) in [5.74, 6) is -1.09. The van der Waals surface area contributed by atoms with E-state index in [0.717, 1.165) is 10.9 Å². The molecule has 3 rings (SSSR count). The molecule has 0 aliphatic heterocycles. The molecule has 0 fully saturated rings. The summed E-state index contributed by atoms with van der Waals surface area (Å²) in [7, 11) is 3.14. The molecule has 0 unspecified atom stereocenters. The van der Waals surface area contributed by atoms with Crippen molar-refractivity contribution in [2.45, 2.75) is 0 Å². The number of fused-ring (bicyclic) bond motifs is 1. The topological polar surface area (TPSA) is 113 Å². The number of para-hydroxylation sites is 1. The van der Waals surface area contributed by atoms with Crippen molar-refractivity contribution in [2.24, 2.45) is 7.05 Å². The fraction of sp³-hybridized carbons (Fsp3) is 0.158. The maximum Gasteiger partial charge on any atom is 0.340 e. The number of anilines is 1. The van der Waals surface area contributed by atoms with E-state index in [2.05, 4.69) is 5.32 Å². The summed E-state index contributed by atoms with van der Waals surface area (Å²) >= 11 is 0. The molecule has 0 aliphatic rings. The zero-order valence-corrected chi connectivity index (χ0v) is 15.2. The highest BCUT2D eigenvalue weighted by atomic mass is 16.6. The Morgan fingerprint density at radius 3 is 2.68 bits per heavy atom. The number of non-ortho nitro benzene ring substituents is 1. The van der Waals surface area contributed by atoms with Gasteiger partial charge in [-0.1, -0.05) is 18.2 Å². The fourth-order valence-electron chi connectivity index (χ4n) is 2.80. The summed E-state index contributed by atoms with van der Waals surface area (Å²) < 4.78 is 12.0. The van der Waals surface area contributed by atoms with Crippen LogP contribution in [0.1, 0.15) is 10.4 Å². The van der Waals surface area contributed by atoms with Gasteiger partial charge >= 0.3 is 5.97 Å². The Bertz CT molecular complexity index is 1070. The first-order valence-corrected chi connectivity index (χ1v) is 8.24. The molecule has 9 heteroatoms. The third-order valence-electron chi connectivity index (χ3n) is 4.12. The number of nitrogens with one attached hydrogen (secondary N) is 1. The van der Waals surface area contributed by atoms with Crippen LogP contribution in [-0.2, 0) is 16.6 Å². The first kappa shape index (κ1) is 18.9. The molecule has 0 spiro atoms. The van der Waals surface area contributed by atoms with Crippen LogP contribution in [-0.4, -0.2) is 35.1 Å². The summed E-state index contributed by atoms with van der Waals surface area (Å²) in [6.07, 6.45) is 1.64. The summed E-state index contributed by atoms with van der Waals surface area (Å²) in [5.41, 5.74) is 1.30. The monoisotopic (exact) mass is 383 g/mol. The van der Waals surface area contributed by atoms with Gasteiger partial charge in [0.2, 0.25) is 0 Å². The number of aryl methyl sites for hydroxylation is 1. The van der Waals surface area contributed by atoms with Gasteiger partial charge < -0.3 is 19.4 Å². The Kier molecular flexibility index (Phi) is 5.25. The third-order valence-corrected chi connectivity index (χ3v) is 4.12. The van der Waals surface area contributed by atoms with E-state index in [1.807, 2.05) is 25.2 Å². The first-order valence-electron chi connectivity index (χ1n) is 8.24. The van der Waals surface area contributed by atoms with Crippen LogP contribution < -0.4 is 10.1 Å². The molecule has 0 radical (unpaired) electrons. The van der Waals surface area contributed by atoms with Crippen LogP contribution in [0.15, 0.2) is 48.7 Å². The predicted molar refractivity (Wildman–Crippen MR) is 101 cm³/mol. The van der Waals surface area contributed by atoms with Crippen LogP contribution in [0.3, 0.4) is 0 Å². The number of methoxy groups -OCH3 is 1. The van der Waals surface area contributed by atoms with Crippen LogP contribution in [0.4, 0.5) is 11.4 Å². The minimum absolute atomic E-state index is 0.128. The fourth-order valence-corrected chi connectivity index (χ4v) is 2.80. The third kappa shape index (κ3) is 3.78. The van der Waals surface area contributed by atoms with Gasteiger partial charge in [-0.2, -0.15) is 0 Å². The number of esters is 1. The van der Waals surface area contributed by atoms with Crippen molar-refractivity contribution in [1.29, 1.82) is 0 Å². The van der Waals surface area contributed by atoms with Gasteiger partial charge in [0.25, 0.3) is 11.6 Å². The summed E-state index contributed by atoms with van der Waals surface area (Å²) in [5, 5.41) is 14.1. The van der Waals surface area contributed by atoms with Gasteiger partial charge in [-0.05, 0) is 12.1 Å². The average Bonchev–Trinajstić information content (AvgIpc) is 3.03. The molecular weight excluding hydrogens is 366 g/mol. The molecule has 0 atom stereocenters. The number of amides is 1. The molecule has 28 heavy (non-hydrogen) atoms. The zero-order valence-electron chi connectivity index (χ0n) is 15.2. The van der Waals surface area contributed by atoms with Crippen molar-refractivity contribution in [3.8, 4) is 5.75 Å². The number of ether oxygens (including phenoxy) is 2. The van der Waals surface area contributed by atoms with E-state index in [9.17, 15) is 19.7 Å². The molecule has 9 nitrogen and oxygen atoms in total. The number of rotatable bonds is 6. The van der Waals surface area contributed by atoms with Gasteiger partial charge in [-0.15, -0.1) is 0 Å². The standard InChI is InChI=1S/C19H17N3O6/c1-21-10-14(13-5-3-4-6-16(13)21)19(24)28-11-18(23)20-15-8-7-12(22(25)26)9-17(15)27-2/h3-10H,11H2,1-2H3,(H,20,23). The van der Waals surface area contributed by atoms with Crippen LogP contribution >= 0.6 is 0 Å². The summed E-state index contributed by atoms with van der Waals surface area (Å²) in [6.45, 7) is -0.512. The van der Waals surface area contributed by atoms with Gasteiger partial charge in [0.15, 0.2) is 6.61 Å². The van der Waals surface area contributed by atoms with Gasteiger partial charge in [-0.25, -0.2) is 4.79 Å². The van der Waals surface area contributed by atoms with Gasteiger partial charge in [0, 0.05) is 30.2 Å². The van der Waals surface area contributed by atoms with Crippen molar-refractivity contribution in [3.63, 3.8) is 0 Å². The van der Waals surface area contributed by atoms with E-state index in [-0.39, 0.29) is 17.1 Å². The van der Waals surface area contributed by atoms with E-state index in [4.69, 9.17) is 9.47 Å². The zero-order chi connectivity index (χ0) is 20.3. The van der Waals surface area contributed by atoms with E-state index < -0.39 is 23.4 Å². The lowest BCUT2D eigenvalue weighted by molar-refractivity contribution is -0.384. The molecule has 144 valence electrons. The van der Waals surface area contributed by atoms with Crippen LogP contribution in [0.5, 0.6) is 5.75 Å².